The van der Waals surface area contributed by atoms with Gasteiger partial charge in [0.25, 0.3) is 10.0 Å². The molecule has 0 amide bonds. The first-order valence-corrected chi connectivity index (χ1v) is 9.90. The molecule has 1 saturated heterocycles. The normalized spacial score (nSPS) is 23.5. The fourth-order valence-electron chi connectivity index (χ4n) is 2.99. The maximum absolute atomic E-state index is 13.8. The van der Waals surface area contributed by atoms with Crippen molar-refractivity contribution in [3.05, 3.63) is 53.7 Å². The largest absolute Gasteiger partial charge is 0.486 e. The average molecular weight is 425 g/mol. The number of aliphatic hydroxyl groups excluding tert-OH is 1. The van der Waals surface area contributed by atoms with Crippen molar-refractivity contribution in [2.75, 3.05) is 13.1 Å². The highest BCUT2D eigenvalue weighted by atomic mass is 32.2. The van der Waals surface area contributed by atoms with Crippen LogP contribution >= 0.6 is 0 Å². The molecular weight excluding hydrogens is 408 g/mol. The van der Waals surface area contributed by atoms with Gasteiger partial charge in [0.05, 0.1) is 24.4 Å². The van der Waals surface area contributed by atoms with Crippen LogP contribution in [0.4, 0.5) is 8.78 Å². The van der Waals surface area contributed by atoms with E-state index < -0.39 is 51.0 Å². The predicted molar refractivity (Wildman–Crippen MR) is 95.1 cm³/mol. The molecule has 2 aromatic rings. The number of aliphatic hydroxyl groups is 2. The van der Waals surface area contributed by atoms with Gasteiger partial charge in [-0.1, -0.05) is 0 Å². The number of pyridine rings is 1. The number of nitriles is 1. The van der Waals surface area contributed by atoms with Crippen LogP contribution in [-0.2, 0) is 10.0 Å². The number of hydrogen-bond donors (Lipinski definition) is 2. The lowest BCUT2D eigenvalue weighted by Gasteiger charge is -2.31. The Morgan fingerprint density at radius 3 is 2.66 bits per heavy atom. The van der Waals surface area contributed by atoms with E-state index in [4.69, 9.17) is 10.00 Å². The fraction of sp³-hybridized carbons (Fsp3) is 0.333. The van der Waals surface area contributed by atoms with E-state index in [1.165, 1.54) is 19.1 Å². The van der Waals surface area contributed by atoms with Gasteiger partial charge in [-0.2, -0.15) is 9.57 Å². The predicted octanol–water partition coefficient (Wildman–Crippen LogP) is 0.795. The summed E-state index contributed by atoms with van der Waals surface area (Å²) in [5.74, 6) is -1.61. The number of β-amino-alcohol motifs (C(OH)–C–C–N with tert-alkyl or cyclic N) is 1. The maximum Gasteiger partial charge on any atom is 0.260 e. The van der Waals surface area contributed by atoms with Crippen LogP contribution in [0.5, 0.6) is 5.75 Å². The van der Waals surface area contributed by atoms with Crippen molar-refractivity contribution in [2.45, 2.75) is 29.8 Å². The van der Waals surface area contributed by atoms with Gasteiger partial charge >= 0.3 is 0 Å². The van der Waals surface area contributed by atoms with Gasteiger partial charge in [-0.3, -0.25) is 0 Å². The number of aromatic nitrogens is 1. The zero-order chi connectivity index (χ0) is 21.4. The zero-order valence-corrected chi connectivity index (χ0v) is 16.0. The Hall–Kier alpha value is -2.65. The minimum atomic E-state index is -4.22. The second-order valence-corrected chi connectivity index (χ2v) is 8.52. The van der Waals surface area contributed by atoms with Crippen molar-refractivity contribution in [3.63, 3.8) is 0 Å². The molecule has 0 spiro atoms. The van der Waals surface area contributed by atoms with Crippen molar-refractivity contribution >= 4 is 10.0 Å². The van der Waals surface area contributed by atoms with Gasteiger partial charge in [-0.15, -0.1) is 0 Å². The SMILES string of the molecule is CC(O)[C@]1(O)CN(S(=O)(=O)c2ccc(F)cn2)C[C@@H]1Oc1ccc(C#N)c(F)c1. The summed E-state index contributed by atoms with van der Waals surface area (Å²) in [4.78, 5) is 3.56. The summed E-state index contributed by atoms with van der Waals surface area (Å²) in [6.45, 7) is 0.377. The zero-order valence-electron chi connectivity index (χ0n) is 15.2. The van der Waals surface area contributed by atoms with E-state index in [-0.39, 0.29) is 17.9 Å². The number of ether oxygens (including phenoxy) is 1. The molecule has 3 atom stereocenters. The van der Waals surface area contributed by atoms with E-state index in [0.717, 1.165) is 28.7 Å². The molecule has 2 N–H and O–H groups in total. The maximum atomic E-state index is 13.8. The molecular formula is C18H17F2N3O5S. The van der Waals surface area contributed by atoms with Crippen LogP contribution in [0.25, 0.3) is 0 Å². The van der Waals surface area contributed by atoms with E-state index in [0.29, 0.717) is 0 Å². The molecule has 0 radical (unpaired) electrons. The van der Waals surface area contributed by atoms with Crippen LogP contribution in [0.3, 0.4) is 0 Å². The van der Waals surface area contributed by atoms with Crippen molar-refractivity contribution in [1.82, 2.24) is 9.29 Å². The molecule has 11 heteroatoms. The highest BCUT2D eigenvalue weighted by Gasteiger charge is 2.54. The van der Waals surface area contributed by atoms with Crippen molar-refractivity contribution in [3.8, 4) is 11.8 Å². The fourth-order valence-corrected chi connectivity index (χ4v) is 4.39. The molecule has 1 aromatic heterocycles. The van der Waals surface area contributed by atoms with E-state index in [9.17, 15) is 27.4 Å². The van der Waals surface area contributed by atoms with Gasteiger partial charge in [0.15, 0.2) is 5.03 Å². The molecule has 0 aliphatic carbocycles. The smallest absolute Gasteiger partial charge is 0.260 e. The van der Waals surface area contributed by atoms with Crippen LogP contribution in [0.15, 0.2) is 41.6 Å². The van der Waals surface area contributed by atoms with Crippen molar-refractivity contribution < 1.29 is 32.1 Å². The molecule has 1 aliphatic rings. The first kappa shape index (κ1) is 21.1. The minimum Gasteiger partial charge on any atom is -0.486 e. The Bertz CT molecular complexity index is 1060. The molecule has 1 unspecified atom stereocenters. The Morgan fingerprint density at radius 1 is 1.38 bits per heavy atom. The molecule has 1 aromatic carbocycles. The topological polar surface area (TPSA) is 124 Å². The Balaban J connectivity index is 1.90. The van der Waals surface area contributed by atoms with Crippen LogP contribution in [0.1, 0.15) is 12.5 Å². The lowest BCUT2D eigenvalue weighted by Crippen LogP contribution is -2.53. The Kier molecular flexibility index (Phi) is 5.55. The van der Waals surface area contributed by atoms with Crippen LogP contribution in [-0.4, -0.2) is 58.8 Å². The Morgan fingerprint density at radius 2 is 2.10 bits per heavy atom. The summed E-state index contributed by atoms with van der Waals surface area (Å²) in [6.07, 6.45) is -1.89. The quantitative estimate of drug-likeness (QED) is 0.726. The van der Waals surface area contributed by atoms with Gasteiger partial charge < -0.3 is 14.9 Å². The molecule has 0 bridgehead atoms. The third kappa shape index (κ3) is 3.92. The molecule has 29 heavy (non-hydrogen) atoms. The second-order valence-electron chi connectivity index (χ2n) is 6.64. The van der Waals surface area contributed by atoms with Gasteiger partial charge in [0.1, 0.15) is 35.2 Å². The van der Waals surface area contributed by atoms with Crippen LogP contribution in [0, 0.1) is 23.0 Å². The number of hydrogen-bond acceptors (Lipinski definition) is 7. The lowest BCUT2D eigenvalue weighted by atomic mass is 9.94. The van der Waals surface area contributed by atoms with Crippen molar-refractivity contribution in [1.29, 1.82) is 5.26 Å². The summed E-state index contributed by atoms with van der Waals surface area (Å²) in [5, 5.41) is 29.3. The van der Waals surface area contributed by atoms with E-state index >= 15 is 0 Å². The summed E-state index contributed by atoms with van der Waals surface area (Å²) in [7, 11) is -4.22. The van der Waals surface area contributed by atoms with Gasteiger partial charge in [0, 0.05) is 12.6 Å². The second kappa shape index (κ2) is 7.64. The van der Waals surface area contributed by atoms with Crippen LogP contribution < -0.4 is 4.74 Å². The summed E-state index contributed by atoms with van der Waals surface area (Å²) in [6, 6.07) is 6.98. The molecule has 2 heterocycles. The molecule has 8 nitrogen and oxygen atoms in total. The summed E-state index contributed by atoms with van der Waals surface area (Å²) in [5.41, 5.74) is -2.21. The third-order valence-electron chi connectivity index (χ3n) is 4.72. The highest BCUT2D eigenvalue weighted by Crippen LogP contribution is 2.33. The lowest BCUT2D eigenvalue weighted by molar-refractivity contribution is -0.104. The number of benzene rings is 1. The first-order valence-electron chi connectivity index (χ1n) is 8.46. The summed E-state index contributed by atoms with van der Waals surface area (Å²) >= 11 is 0. The molecule has 3 rings (SSSR count). The highest BCUT2D eigenvalue weighted by molar-refractivity contribution is 7.89. The first-order chi connectivity index (χ1) is 13.6. The standard InChI is InChI=1S/C18H17F2N3O5S/c1-11(24)18(25)10-23(29(26,27)17-5-3-13(19)8-22-17)9-16(18)28-14-4-2-12(7-21)15(20)6-14/h2-6,8,11,16,24-25H,9-10H2,1H3/t11?,16-,18+/m0/s1. The van der Waals surface area contributed by atoms with Gasteiger partial charge in [0.2, 0.25) is 0 Å². The average Bonchev–Trinajstić information content (AvgIpc) is 3.01. The van der Waals surface area contributed by atoms with Gasteiger partial charge in [-0.05, 0) is 31.2 Å². The van der Waals surface area contributed by atoms with E-state index in [1.807, 2.05) is 0 Å². The number of nitrogens with zero attached hydrogens (tertiary/aromatic N) is 3. The molecule has 154 valence electrons. The minimum absolute atomic E-state index is 0.0512. The number of rotatable bonds is 5. The summed E-state index contributed by atoms with van der Waals surface area (Å²) < 4.78 is 58.9. The number of sulfonamides is 1. The molecule has 1 fully saturated rings. The molecule has 1 aliphatic heterocycles. The van der Waals surface area contributed by atoms with Gasteiger partial charge in [-0.25, -0.2) is 22.2 Å². The Labute approximate surface area is 165 Å². The third-order valence-corrected chi connectivity index (χ3v) is 6.45. The van der Waals surface area contributed by atoms with E-state index in [1.54, 1.807) is 6.07 Å². The van der Waals surface area contributed by atoms with Crippen LogP contribution in [0.2, 0.25) is 0 Å². The monoisotopic (exact) mass is 425 g/mol. The number of halogens is 2. The molecule has 0 saturated carbocycles. The van der Waals surface area contributed by atoms with E-state index in [2.05, 4.69) is 4.98 Å². The van der Waals surface area contributed by atoms with Crippen molar-refractivity contribution in [2.24, 2.45) is 0 Å².